The van der Waals surface area contributed by atoms with E-state index in [9.17, 15) is 0 Å². The number of thiophene rings is 9. The predicted octanol–water partition coefficient (Wildman–Crippen LogP) is 14.9. The summed E-state index contributed by atoms with van der Waals surface area (Å²) in [4.78, 5) is 18.8. The van der Waals surface area contributed by atoms with Crippen LogP contribution < -0.4 is 28.4 Å². The Balaban J connectivity index is 0.840. The fourth-order valence-corrected chi connectivity index (χ4v) is 16.9. The van der Waals surface area contributed by atoms with E-state index in [0.29, 0.717) is 39.6 Å². The van der Waals surface area contributed by atoms with Crippen LogP contribution in [0, 0.1) is 0 Å². The molecule has 0 atom stereocenters. The van der Waals surface area contributed by atoms with Crippen molar-refractivity contribution in [2.45, 2.75) is 0 Å². The third kappa shape index (κ3) is 6.04. The monoisotopic (exact) mass is 914 g/mol. The van der Waals surface area contributed by atoms with Crippen molar-refractivity contribution in [3.63, 3.8) is 0 Å². The summed E-state index contributed by atoms with van der Waals surface area (Å²) < 4.78 is 37.4. The van der Waals surface area contributed by atoms with Gasteiger partial charge in [-0.05, 0) is 71.4 Å². The maximum absolute atomic E-state index is 6.35. The van der Waals surface area contributed by atoms with E-state index in [1.54, 1.807) is 102 Å². The van der Waals surface area contributed by atoms with Crippen LogP contribution in [0.3, 0.4) is 0 Å². The van der Waals surface area contributed by atoms with Crippen molar-refractivity contribution < 1.29 is 28.4 Å². The molecule has 57 heavy (non-hydrogen) atoms. The summed E-state index contributed by atoms with van der Waals surface area (Å²) in [5.74, 6) is 5.20. The quantitative estimate of drug-likeness (QED) is 0.151. The minimum Gasteiger partial charge on any atom is -0.485 e. The lowest BCUT2D eigenvalue weighted by Crippen LogP contribution is -2.14. The van der Waals surface area contributed by atoms with E-state index in [0.717, 1.165) is 63.8 Å². The summed E-state index contributed by atoms with van der Waals surface area (Å²) in [6.45, 7) is 3.35. The number of rotatable bonds is 8. The molecule has 0 aromatic carbocycles. The molecular weight excluding hydrogens is 889 g/mol. The van der Waals surface area contributed by atoms with Gasteiger partial charge in [-0.2, -0.15) is 0 Å². The molecule has 0 bridgehead atoms. The van der Waals surface area contributed by atoms with Crippen molar-refractivity contribution in [2.75, 3.05) is 39.6 Å². The third-order valence-corrected chi connectivity index (χ3v) is 20.5. The number of fused-ring (bicyclic) bond motifs is 3. The molecule has 0 aliphatic carbocycles. The van der Waals surface area contributed by atoms with Crippen molar-refractivity contribution in [3.8, 4) is 113 Å². The first-order valence-corrected chi connectivity index (χ1v) is 25.5. The number of ether oxygens (including phenoxy) is 6. The second kappa shape index (κ2) is 14.4. The van der Waals surface area contributed by atoms with Crippen molar-refractivity contribution in [1.29, 1.82) is 0 Å². The minimum atomic E-state index is 0.538. The lowest BCUT2D eigenvalue weighted by atomic mass is 10.2. The highest BCUT2D eigenvalue weighted by Crippen LogP contribution is 2.60. The van der Waals surface area contributed by atoms with Crippen LogP contribution in [0.2, 0.25) is 0 Å². The van der Waals surface area contributed by atoms with Crippen LogP contribution in [0.15, 0.2) is 83.6 Å². The summed E-state index contributed by atoms with van der Waals surface area (Å²) >= 11 is 15.9. The fraction of sp³-hybridized carbons (Fsp3) is 0.143. The van der Waals surface area contributed by atoms with Gasteiger partial charge in [-0.25, -0.2) is 0 Å². The molecule has 12 heterocycles. The van der Waals surface area contributed by atoms with Crippen molar-refractivity contribution in [2.24, 2.45) is 0 Å². The van der Waals surface area contributed by atoms with Gasteiger partial charge in [0.1, 0.15) is 39.6 Å². The number of hydrogen-bond acceptors (Lipinski definition) is 15. The second-order valence-electron chi connectivity index (χ2n) is 13.0. The van der Waals surface area contributed by atoms with E-state index < -0.39 is 0 Å². The zero-order valence-electron chi connectivity index (χ0n) is 29.4. The second-order valence-corrected chi connectivity index (χ2v) is 22.2. The SMILES string of the molecule is c1csc(-c2sc(-c3ccc(-c4ccc(-c5sc(-c6ccc(-c7ccc(-c8sc(-c9cccs9)c9c8OCCO9)s7)s6)c6c5OCCO6)s4)s3)c3c2OCCO3)c1. The van der Waals surface area contributed by atoms with Crippen LogP contribution in [-0.4, -0.2) is 39.6 Å². The fourth-order valence-electron chi connectivity index (χ4n) is 7.01. The first-order chi connectivity index (χ1) is 28.2. The Hall–Kier alpha value is -3.90. The number of hydrogen-bond donors (Lipinski definition) is 0. The molecule has 284 valence electrons. The van der Waals surface area contributed by atoms with Gasteiger partial charge < -0.3 is 28.4 Å². The average Bonchev–Trinajstić information content (AvgIpc) is 4.08. The molecule has 9 aromatic heterocycles. The van der Waals surface area contributed by atoms with Crippen LogP contribution in [-0.2, 0) is 0 Å². The van der Waals surface area contributed by atoms with E-state index >= 15 is 0 Å². The first-order valence-electron chi connectivity index (χ1n) is 18.0. The topological polar surface area (TPSA) is 55.4 Å². The van der Waals surface area contributed by atoms with E-state index in [1.165, 1.54) is 48.8 Å². The molecule has 0 radical (unpaired) electrons. The normalized spacial score (nSPS) is 14.4. The standard InChI is InChI=1S/C42H26O6S9/c1-3-25(49-19-1)37-31-33(45-15-13-43-31)39(55-37)27-9-5-21(51-27)23-7-11-29(53-23)41-35-36(48-18-17-47-35)42(57-41)30-12-8-24(54-30)22-6-10-28(52-22)40-34-32(44-14-16-46-34)38(56-40)26-4-2-20-50-26/h1-12,19-20H,13-18H2. The zero-order valence-corrected chi connectivity index (χ0v) is 36.8. The molecule has 9 aromatic rings. The Labute approximate surface area is 363 Å². The minimum absolute atomic E-state index is 0.538. The molecule has 0 spiro atoms. The molecule has 0 unspecified atom stereocenters. The van der Waals surface area contributed by atoms with Gasteiger partial charge in [-0.15, -0.1) is 102 Å². The molecule has 15 heteroatoms. The van der Waals surface area contributed by atoms with Crippen LogP contribution in [0.25, 0.3) is 78.0 Å². The van der Waals surface area contributed by atoms with Gasteiger partial charge in [0.05, 0.1) is 29.3 Å². The third-order valence-electron chi connectivity index (χ3n) is 9.49. The van der Waals surface area contributed by atoms with Gasteiger partial charge in [0.2, 0.25) is 0 Å². The molecular formula is C42H26O6S9. The van der Waals surface area contributed by atoms with Gasteiger partial charge >= 0.3 is 0 Å². The smallest absolute Gasteiger partial charge is 0.181 e. The molecule has 0 saturated carbocycles. The molecule has 0 fully saturated rings. The summed E-state index contributed by atoms with van der Waals surface area (Å²) in [5, 5.41) is 4.22. The van der Waals surface area contributed by atoms with E-state index in [2.05, 4.69) is 83.6 Å². The molecule has 0 saturated heterocycles. The highest BCUT2D eigenvalue weighted by atomic mass is 32.1. The van der Waals surface area contributed by atoms with Crippen molar-refractivity contribution in [3.05, 3.63) is 83.6 Å². The average molecular weight is 915 g/mol. The van der Waals surface area contributed by atoms with Gasteiger partial charge in [0.25, 0.3) is 0 Å². The van der Waals surface area contributed by atoms with Crippen molar-refractivity contribution in [1.82, 2.24) is 0 Å². The maximum Gasteiger partial charge on any atom is 0.181 e. The lowest BCUT2D eigenvalue weighted by Gasteiger charge is -2.16. The molecule has 3 aliphatic heterocycles. The highest BCUT2D eigenvalue weighted by Gasteiger charge is 2.31. The molecule has 0 N–H and O–H groups in total. The van der Waals surface area contributed by atoms with Crippen LogP contribution in [0.1, 0.15) is 0 Å². The van der Waals surface area contributed by atoms with E-state index in [-0.39, 0.29) is 0 Å². The molecule has 12 rings (SSSR count). The Morgan fingerprint density at radius 1 is 0.263 bits per heavy atom. The van der Waals surface area contributed by atoms with Crippen LogP contribution in [0.4, 0.5) is 0 Å². The predicted molar refractivity (Wildman–Crippen MR) is 244 cm³/mol. The van der Waals surface area contributed by atoms with Crippen molar-refractivity contribution >= 4 is 102 Å². The summed E-state index contributed by atoms with van der Waals surface area (Å²) in [6.07, 6.45) is 0. The Morgan fingerprint density at radius 2 is 0.509 bits per heavy atom. The Kier molecular flexibility index (Phi) is 8.88. The van der Waals surface area contributed by atoms with Gasteiger partial charge in [-0.1, -0.05) is 12.1 Å². The Morgan fingerprint density at radius 3 is 0.754 bits per heavy atom. The van der Waals surface area contributed by atoms with E-state index in [4.69, 9.17) is 28.4 Å². The van der Waals surface area contributed by atoms with Crippen LogP contribution >= 0.6 is 102 Å². The van der Waals surface area contributed by atoms with Gasteiger partial charge in [-0.3, -0.25) is 0 Å². The van der Waals surface area contributed by atoms with Crippen LogP contribution in [0.5, 0.6) is 34.5 Å². The molecule has 3 aliphatic rings. The maximum atomic E-state index is 6.35. The summed E-state index contributed by atoms with van der Waals surface area (Å²) in [5.41, 5.74) is 0. The largest absolute Gasteiger partial charge is 0.485 e. The van der Waals surface area contributed by atoms with Gasteiger partial charge in [0.15, 0.2) is 34.5 Å². The Bertz CT molecular complexity index is 2700. The van der Waals surface area contributed by atoms with E-state index in [1.807, 2.05) is 0 Å². The molecule has 0 amide bonds. The summed E-state index contributed by atoms with van der Waals surface area (Å²) in [6, 6.07) is 26.3. The zero-order chi connectivity index (χ0) is 37.5. The van der Waals surface area contributed by atoms with Gasteiger partial charge in [0, 0.05) is 48.8 Å². The lowest BCUT2D eigenvalue weighted by molar-refractivity contribution is 0.175. The summed E-state index contributed by atoms with van der Waals surface area (Å²) in [7, 11) is 0. The first kappa shape index (κ1) is 35.1. The molecule has 6 nitrogen and oxygen atoms in total. The highest BCUT2D eigenvalue weighted by molar-refractivity contribution is 7.32.